The van der Waals surface area contributed by atoms with Gasteiger partial charge >= 0.3 is 0 Å². The van der Waals surface area contributed by atoms with E-state index in [2.05, 4.69) is 45.1 Å². The van der Waals surface area contributed by atoms with Crippen LogP contribution < -0.4 is 14.8 Å². The van der Waals surface area contributed by atoms with Crippen LogP contribution in [0.5, 0.6) is 11.6 Å². The maximum Gasteiger partial charge on any atom is 0.245 e. The number of halogens is 1. The molecule has 1 N–H and O–H groups in total. The molecule has 0 unspecified atom stereocenters. The van der Waals surface area contributed by atoms with Crippen molar-refractivity contribution in [1.29, 1.82) is 0 Å². The van der Waals surface area contributed by atoms with E-state index in [-0.39, 0.29) is 5.60 Å². The molecule has 0 amide bonds. The van der Waals surface area contributed by atoms with Crippen LogP contribution in [0, 0.1) is 6.92 Å². The first-order chi connectivity index (χ1) is 18.5. The Kier molecular flexibility index (Phi) is 6.90. The molecule has 1 saturated carbocycles. The normalized spacial score (nSPS) is 17.0. The Hall–Kier alpha value is -3.27. The lowest BCUT2D eigenvalue weighted by atomic mass is 10.2. The molecule has 1 aromatic carbocycles. The van der Waals surface area contributed by atoms with Crippen LogP contribution >= 0.6 is 11.6 Å². The van der Waals surface area contributed by atoms with Gasteiger partial charge in [-0.3, -0.25) is 9.88 Å². The summed E-state index contributed by atoms with van der Waals surface area (Å²) < 4.78 is 14.3. The van der Waals surface area contributed by atoms with Crippen LogP contribution in [0.3, 0.4) is 0 Å². The first-order valence-corrected chi connectivity index (χ1v) is 13.5. The number of rotatable bonds is 9. The summed E-state index contributed by atoms with van der Waals surface area (Å²) in [6.45, 7) is 10.3. The van der Waals surface area contributed by atoms with Crippen LogP contribution in [-0.4, -0.2) is 74.3 Å². The van der Waals surface area contributed by atoms with Crippen molar-refractivity contribution in [2.75, 3.05) is 39.3 Å². The molecule has 0 radical (unpaired) electrons. The van der Waals surface area contributed by atoms with E-state index in [9.17, 15) is 0 Å². The van der Waals surface area contributed by atoms with E-state index in [1.165, 1.54) is 6.33 Å². The molecule has 2 aliphatic rings. The van der Waals surface area contributed by atoms with Crippen LogP contribution in [0.1, 0.15) is 31.0 Å². The Bertz CT molecular complexity index is 1450. The van der Waals surface area contributed by atoms with Gasteiger partial charge in [-0.1, -0.05) is 11.6 Å². The Labute approximate surface area is 227 Å². The second-order valence-corrected chi connectivity index (χ2v) is 10.7. The smallest absolute Gasteiger partial charge is 0.245 e. The van der Waals surface area contributed by atoms with Gasteiger partial charge in [0.05, 0.1) is 17.3 Å². The predicted molar refractivity (Wildman–Crippen MR) is 147 cm³/mol. The molecule has 198 valence electrons. The fraction of sp³-hybridized carbons (Fsp3) is 0.429. The summed E-state index contributed by atoms with van der Waals surface area (Å²) in [5.74, 6) is 1.92. The fourth-order valence-corrected chi connectivity index (χ4v) is 4.95. The molecule has 1 aliphatic carbocycles. The second kappa shape index (κ2) is 10.5. The van der Waals surface area contributed by atoms with Crippen molar-refractivity contribution in [3.63, 3.8) is 0 Å². The molecule has 3 aromatic heterocycles. The largest absolute Gasteiger partial charge is 0.492 e. The third kappa shape index (κ3) is 5.45. The van der Waals surface area contributed by atoms with Gasteiger partial charge in [0.15, 0.2) is 11.2 Å². The van der Waals surface area contributed by atoms with E-state index in [0.29, 0.717) is 41.0 Å². The summed E-state index contributed by atoms with van der Waals surface area (Å²) in [6, 6.07) is 9.81. The van der Waals surface area contributed by atoms with Gasteiger partial charge in [-0.2, -0.15) is 4.98 Å². The van der Waals surface area contributed by atoms with E-state index < -0.39 is 0 Å². The number of ether oxygens (including phenoxy) is 2. The molecule has 2 fully saturated rings. The number of nitrogens with zero attached hydrogens (tertiary/aromatic N) is 6. The van der Waals surface area contributed by atoms with Crippen molar-refractivity contribution in [2.45, 2.75) is 38.8 Å². The van der Waals surface area contributed by atoms with Crippen LogP contribution in [0.25, 0.3) is 22.6 Å². The third-order valence-electron chi connectivity index (χ3n) is 7.16. The van der Waals surface area contributed by atoms with Gasteiger partial charge in [0.2, 0.25) is 5.88 Å². The minimum absolute atomic E-state index is 0.190. The van der Waals surface area contributed by atoms with Gasteiger partial charge in [0.25, 0.3) is 0 Å². The first kappa shape index (κ1) is 25.0. The van der Waals surface area contributed by atoms with Gasteiger partial charge in [-0.15, -0.1) is 0 Å². The minimum atomic E-state index is -0.190. The van der Waals surface area contributed by atoms with Crippen molar-refractivity contribution < 1.29 is 9.47 Å². The molecule has 1 aliphatic heterocycles. The maximum absolute atomic E-state index is 6.84. The molecule has 6 rings (SSSR count). The number of aryl methyl sites for hydroxylation is 1. The van der Waals surface area contributed by atoms with Gasteiger partial charge in [-0.25, -0.2) is 9.97 Å². The minimum Gasteiger partial charge on any atom is -0.492 e. The van der Waals surface area contributed by atoms with Gasteiger partial charge < -0.3 is 19.4 Å². The van der Waals surface area contributed by atoms with Gasteiger partial charge in [0.1, 0.15) is 30.1 Å². The van der Waals surface area contributed by atoms with E-state index in [1.54, 1.807) is 0 Å². The number of aromatic nitrogens is 5. The van der Waals surface area contributed by atoms with Gasteiger partial charge in [-0.05, 0) is 62.6 Å². The Balaban J connectivity index is 1.32. The highest BCUT2D eigenvalue weighted by Crippen LogP contribution is 2.41. The van der Waals surface area contributed by atoms with E-state index in [0.717, 1.165) is 68.1 Å². The van der Waals surface area contributed by atoms with Crippen molar-refractivity contribution in [1.82, 2.24) is 34.7 Å². The molecule has 38 heavy (non-hydrogen) atoms. The molecule has 1 saturated heterocycles. The lowest BCUT2D eigenvalue weighted by molar-refractivity contribution is 0.191. The van der Waals surface area contributed by atoms with E-state index >= 15 is 0 Å². The first-order valence-electron chi connectivity index (χ1n) is 13.1. The quantitative estimate of drug-likeness (QED) is 0.344. The Morgan fingerprint density at radius 1 is 1.08 bits per heavy atom. The monoisotopic (exact) mass is 533 g/mol. The molecule has 0 bridgehead atoms. The van der Waals surface area contributed by atoms with Crippen molar-refractivity contribution in [2.24, 2.45) is 0 Å². The number of hydrogen-bond donors (Lipinski definition) is 1. The van der Waals surface area contributed by atoms with Crippen LogP contribution in [0.2, 0.25) is 5.02 Å². The summed E-state index contributed by atoms with van der Waals surface area (Å²) >= 11 is 6.84. The molecular formula is C28H32ClN7O2. The molecular weight excluding hydrogens is 502 g/mol. The van der Waals surface area contributed by atoms with Crippen molar-refractivity contribution in [3.8, 4) is 23.0 Å². The average Bonchev–Trinajstić information content (AvgIpc) is 3.53. The molecule has 0 atom stereocenters. The second-order valence-electron chi connectivity index (χ2n) is 10.3. The number of benzene rings is 1. The number of pyridine rings is 1. The number of fused-ring (bicyclic) bond motifs is 1. The lowest BCUT2D eigenvalue weighted by Crippen LogP contribution is -2.44. The highest BCUT2D eigenvalue weighted by molar-refractivity contribution is 6.33. The van der Waals surface area contributed by atoms with E-state index in [1.807, 2.05) is 35.0 Å². The highest BCUT2D eigenvalue weighted by Gasteiger charge is 2.41. The zero-order valence-electron chi connectivity index (χ0n) is 21.8. The van der Waals surface area contributed by atoms with Crippen molar-refractivity contribution in [3.05, 3.63) is 59.1 Å². The summed E-state index contributed by atoms with van der Waals surface area (Å²) in [7, 11) is 0. The molecule has 0 spiro atoms. The summed E-state index contributed by atoms with van der Waals surface area (Å²) in [5, 5.41) is 3.93. The number of nitrogens with one attached hydrogen (secondary N) is 1. The summed E-state index contributed by atoms with van der Waals surface area (Å²) in [5.41, 5.74) is 3.95. The van der Waals surface area contributed by atoms with Crippen LogP contribution in [-0.2, 0) is 6.54 Å². The molecule has 4 heterocycles. The lowest BCUT2D eigenvalue weighted by Gasteiger charge is -2.26. The maximum atomic E-state index is 6.84. The zero-order valence-corrected chi connectivity index (χ0v) is 22.5. The van der Waals surface area contributed by atoms with Crippen molar-refractivity contribution >= 4 is 22.8 Å². The Morgan fingerprint density at radius 2 is 1.92 bits per heavy atom. The standard InChI is InChI=1S/C28H32ClN7O2/c1-19-5-8-31-20(15-19)17-36-25(34-24-26(36)32-18-33-27(24)38-28(2)6-7-28)22-4-3-21(16-23(22)29)37-14-13-35-11-9-30-10-12-35/h3-5,8,15-16,18,30H,6-7,9-14,17H2,1-2H3. The summed E-state index contributed by atoms with van der Waals surface area (Å²) in [6.07, 6.45) is 5.36. The topological polar surface area (TPSA) is 90.2 Å². The number of imidazole rings is 1. The van der Waals surface area contributed by atoms with Crippen LogP contribution in [0.4, 0.5) is 0 Å². The SMILES string of the molecule is Cc1ccnc(Cn2c(-c3ccc(OCCN4CCNCC4)cc3Cl)nc3c(OC4(C)CC4)ncnc32)c1. The molecule has 9 nitrogen and oxygen atoms in total. The number of hydrogen-bond acceptors (Lipinski definition) is 8. The van der Waals surface area contributed by atoms with Crippen LogP contribution in [0.15, 0.2) is 42.9 Å². The third-order valence-corrected chi connectivity index (χ3v) is 7.47. The highest BCUT2D eigenvalue weighted by atomic mass is 35.5. The Morgan fingerprint density at radius 3 is 2.68 bits per heavy atom. The van der Waals surface area contributed by atoms with Gasteiger partial charge in [0, 0.05) is 44.5 Å². The predicted octanol–water partition coefficient (Wildman–Crippen LogP) is 4.11. The zero-order chi connectivity index (χ0) is 26.1. The number of piperazine rings is 1. The summed E-state index contributed by atoms with van der Waals surface area (Å²) in [4.78, 5) is 21.0. The molecule has 4 aromatic rings. The van der Waals surface area contributed by atoms with E-state index in [4.69, 9.17) is 26.1 Å². The average molecular weight is 534 g/mol. The molecule has 10 heteroatoms. The fourth-order valence-electron chi connectivity index (χ4n) is 4.70.